The molecule has 2 rings (SSSR count). The van der Waals surface area contributed by atoms with Crippen LogP contribution in [0.4, 0.5) is 0 Å². The van der Waals surface area contributed by atoms with E-state index in [1.807, 2.05) is 0 Å². The zero-order valence-electron chi connectivity index (χ0n) is 9.16. The van der Waals surface area contributed by atoms with Crippen molar-refractivity contribution < 1.29 is 0 Å². The maximum atomic E-state index is 3.55. The number of piperazine rings is 1. The van der Waals surface area contributed by atoms with Crippen LogP contribution in [-0.2, 0) is 0 Å². The van der Waals surface area contributed by atoms with Gasteiger partial charge in [0, 0.05) is 13.1 Å². The van der Waals surface area contributed by atoms with Crippen molar-refractivity contribution in [1.29, 1.82) is 0 Å². The Kier molecular flexibility index (Phi) is 3.72. The van der Waals surface area contributed by atoms with Crippen LogP contribution < -0.4 is 16.0 Å². The first-order valence-electron chi connectivity index (χ1n) is 5.67. The molecule has 1 heterocycles. The molecule has 1 aliphatic rings. The molecule has 1 aromatic carbocycles. The highest BCUT2D eigenvalue weighted by atomic mass is 15.2. The van der Waals surface area contributed by atoms with E-state index in [1.165, 1.54) is 5.56 Å². The molecule has 0 aromatic heterocycles. The number of hydrogen-bond donors (Lipinski definition) is 3. The molecule has 0 radical (unpaired) electrons. The molecule has 3 heteroatoms. The minimum atomic E-state index is 0.339. The van der Waals surface area contributed by atoms with E-state index in [2.05, 4.69) is 53.2 Å². The molecule has 1 saturated heterocycles. The van der Waals surface area contributed by atoms with Crippen LogP contribution in [0.5, 0.6) is 0 Å². The van der Waals surface area contributed by atoms with Crippen molar-refractivity contribution in [2.24, 2.45) is 0 Å². The Bertz CT molecular complexity index is 284. The number of benzene rings is 1. The molecule has 3 nitrogen and oxygen atoms in total. The average molecular weight is 205 g/mol. The summed E-state index contributed by atoms with van der Waals surface area (Å²) >= 11 is 0. The van der Waals surface area contributed by atoms with Gasteiger partial charge in [-0.05, 0) is 12.1 Å². The zero-order chi connectivity index (χ0) is 10.5. The van der Waals surface area contributed by atoms with Crippen molar-refractivity contribution in [2.75, 3.05) is 19.6 Å². The largest absolute Gasteiger partial charge is 0.306 e. The molecule has 3 N–H and O–H groups in total. The molecule has 0 bridgehead atoms. The number of nitrogens with one attached hydrogen (secondary N) is 3. The van der Waals surface area contributed by atoms with E-state index in [-0.39, 0.29) is 0 Å². The van der Waals surface area contributed by atoms with E-state index in [0.717, 1.165) is 19.6 Å². The fraction of sp³-hybridized carbons (Fsp3) is 0.500. The van der Waals surface area contributed by atoms with Crippen molar-refractivity contribution in [3.05, 3.63) is 35.9 Å². The van der Waals surface area contributed by atoms with E-state index in [4.69, 9.17) is 0 Å². The predicted octanol–water partition coefficient (Wildman–Crippen LogP) is 0.856. The minimum Gasteiger partial charge on any atom is -0.306 e. The predicted molar refractivity (Wildman–Crippen MR) is 62.7 cm³/mol. The van der Waals surface area contributed by atoms with Crippen molar-refractivity contribution in [3.8, 4) is 0 Å². The first-order valence-corrected chi connectivity index (χ1v) is 5.67. The van der Waals surface area contributed by atoms with Crippen LogP contribution >= 0.6 is 0 Å². The number of hydrogen-bond acceptors (Lipinski definition) is 3. The van der Waals surface area contributed by atoms with Gasteiger partial charge in [0.25, 0.3) is 0 Å². The van der Waals surface area contributed by atoms with Gasteiger partial charge in [-0.15, -0.1) is 0 Å². The second-order valence-corrected chi connectivity index (χ2v) is 3.83. The van der Waals surface area contributed by atoms with Crippen LogP contribution in [0.1, 0.15) is 18.5 Å². The molecule has 0 aliphatic carbocycles. The van der Waals surface area contributed by atoms with Crippen molar-refractivity contribution in [1.82, 2.24) is 16.0 Å². The highest BCUT2D eigenvalue weighted by molar-refractivity contribution is 5.21. The SMILES string of the molecule is CCNC1NCCNC1c1ccccc1. The van der Waals surface area contributed by atoms with Gasteiger partial charge in [0.2, 0.25) is 0 Å². The lowest BCUT2D eigenvalue weighted by Gasteiger charge is -2.34. The lowest BCUT2D eigenvalue weighted by molar-refractivity contribution is 0.285. The van der Waals surface area contributed by atoms with Gasteiger partial charge in [0.05, 0.1) is 12.2 Å². The van der Waals surface area contributed by atoms with Crippen LogP contribution in [0.15, 0.2) is 30.3 Å². The summed E-state index contributed by atoms with van der Waals surface area (Å²) < 4.78 is 0. The average Bonchev–Trinajstić information content (AvgIpc) is 2.31. The third-order valence-corrected chi connectivity index (χ3v) is 2.77. The summed E-state index contributed by atoms with van der Waals surface area (Å²) in [6, 6.07) is 11.0. The molecule has 1 fully saturated rings. The standard InChI is InChI=1S/C12H19N3/c1-2-13-12-11(14-8-9-15-12)10-6-4-3-5-7-10/h3-7,11-15H,2,8-9H2,1H3. The number of rotatable bonds is 3. The van der Waals surface area contributed by atoms with Gasteiger partial charge >= 0.3 is 0 Å². The van der Waals surface area contributed by atoms with E-state index < -0.39 is 0 Å². The van der Waals surface area contributed by atoms with Gasteiger partial charge in [0.1, 0.15) is 0 Å². The second kappa shape index (κ2) is 5.26. The molecule has 0 spiro atoms. The summed E-state index contributed by atoms with van der Waals surface area (Å²) in [7, 11) is 0. The Morgan fingerprint density at radius 2 is 1.93 bits per heavy atom. The third-order valence-electron chi connectivity index (χ3n) is 2.77. The van der Waals surface area contributed by atoms with Gasteiger partial charge in [-0.25, -0.2) is 0 Å². The summed E-state index contributed by atoms with van der Waals surface area (Å²) in [5.41, 5.74) is 1.34. The molecular weight excluding hydrogens is 186 g/mol. The van der Waals surface area contributed by atoms with Gasteiger partial charge in [0.15, 0.2) is 0 Å². The second-order valence-electron chi connectivity index (χ2n) is 3.83. The maximum absolute atomic E-state index is 3.55. The topological polar surface area (TPSA) is 36.1 Å². The lowest BCUT2D eigenvalue weighted by Crippen LogP contribution is -2.57. The molecule has 2 atom stereocenters. The number of likely N-dealkylation sites (N-methyl/N-ethyl adjacent to an activating group) is 1. The van der Waals surface area contributed by atoms with Gasteiger partial charge in [-0.3, -0.25) is 5.32 Å². The lowest BCUT2D eigenvalue weighted by atomic mass is 10.0. The highest BCUT2D eigenvalue weighted by Crippen LogP contribution is 2.16. The fourth-order valence-corrected chi connectivity index (χ4v) is 2.07. The zero-order valence-corrected chi connectivity index (χ0v) is 9.16. The molecule has 1 aromatic rings. The van der Waals surface area contributed by atoms with E-state index in [9.17, 15) is 0 Å². The summed E-state index contributed by atoms with van der Waals surface area (Å²) in [4.78, 5) is 0. The maximum Gasteiger partial charge on any atom is 0.0773 e. The molecule has 0 saturated carbocycles. The monoisotopic (exact) mass is 205 g/mol. The third kappa shape index (κ3) is 2.56. The van der Waals surface area contributed by atoms with Crippen molar-refractivity contribution in [3.63, 3.8) is 0 Å². The quantitative estimate of drug-likeness (QED) is 0.685. The summed E-state index contributed by atoms with van der Waals surface area (Å²) in [6.45, 7) is 5.18. The first-order chi connectivity index (χ1) is 7.42. The minimum absolute atomic E-state index is 0.339. The van der Waals surface area contributed by atoms with Crippen LogP contribution in [-0.4, -0.2) is 25.8 Å². The van der Waals surface area contributed by atoms with Gasteiger partial charge in [-0.1, -0.05) is 37.3 Å². The van der Waals surface area contributed by atoms with Crippen molar-refractivity contribution in [2.45, 2.75) is 19.1 Å². The van der Waals surface area contributed by atoms with Crippen LogP contribution in [0.2, 0.25) is 0 Å². The molecule has 15 heavy (non-hydrogen) atoms. The Hall–Kier alpha value is -0.900. The normalized spacial score (nSPS) is 26.5. The van der Waals surface area contributed by atoms with E-state index in [1.54, 1.807) is 0 Å². The molecule has 1 aliphatic heterocycles. The molecule has 2 unspecified atom stereocenters. The highest BCUT2D eigenvalue weighted by Gasteiger charge is 2.24. The van der Waals surface area contributed by atoms with E-state index in [0.29, 0.717) is 12.2 Å². The molecular formula is C12H19N3. The fourth-order valence-electron chi connectivity index (χ4n) is 2.07. The van der Waals surface area contributed by atoms with E-state index >= 15 is 0 Å². The Morgan fingerprint density at radius 1 is 1.20 bits per heavy atom. The first kappa shape index (κ1) is 10.6. The smallest absolute Gasteiger partial charge is 0.0773 e. The van der Waals surface area contributed by atoms with Gasteiger partial charge < -0.3 is 10.6 Å². The Morgan fingerprint density at radius 3 is 2.67 bits per heavy atom. The Balaban J connectivity index is 2.11. The van der Waals surface area contributed by atoms with Crippen molar-refractivity contribution >= 4 is 0 Å². The van der Waals surface area contributed by atoms with Crippen LogP contribution in [0, 0.1) is 0 Å². The molecule has 82 valence electrons. The van der Waals surface area contributed by atoms with Gasteiger partial charge in [-0.2, -0.15) is 0 Å². The summed E-state index contributed by atoms with van der Waals surface area (Å²) in [6.07, 6.45) is 0.339. The van der Waals surface area contributed by atoms with Crippen LogP contribution in [0.25, 0.3) is 0 Å². The Labute approximate surface area is 91.3 Å². The molecule has 0 amide bonds. The van der Waals surface area contributed by atoms with Crippen LogP contribution in [0.3, 0.4) is 0 Å². The summed E-state index contributed by atoms with van der Waals surface area (Å²) in [5, 5.41) is 10.5. The summed E-state index contributed by atoms with van der Waals surface area (Å²) in [5.74, 6) is 0.